The van der Waals surface area contributed by atoms with Gasteiger partial charge in [0.25, 0.3) is 5.91 Å². The molecule has 0 aliphatic heterocycles. The van der Waals surface area contributed by atoms with Crippen molar-refractivity contribution in [1.82, 2.24) is 25.3 Å². The Bertz CT molecular complexity index is 946. The van der Waals surface area contributed by atoms with Gasteiger partial charge in [0.15, 0.2) is 0 Å². The van der Waals surface area contributed by atoms with E-state index in [1.807, 2.05) is 13.0 Å². The number of rotatable bonds is 3. The molecule has 25 heavy (non-hydrogen) atoms. The van der Waals surface area contributed by atoms with Gasteiger partial charge in [-0.3, -0.25) is 9.48 Å². The van der Waals surface area contributed by atoms with Crippen LogP contribution in [0.5, 0.6) is 0 Å². The zero-order valence-electron chi connectivity index (χ0n) is 14.2. The first-order chi connectivity index (χ1) is 12.1. The molecule has 0 radical (unpaired) electrons. The van der Waals surface area contributed by atoms with Crippen molar-refractivity contribution in [3.05, 3.63) is 65.1 Å². The van der Waals surface area contributed by atoms with E-state index in [9.17, 15) is 4.79 Å². The Labute approximate surface area is 145 Å². The Morgan fingerprint density at radius 2 is 2.16 bits per heavy atom. The van der Waals surface area contributed by atoms with Crippen LogP contribution in [0, 0.1) is 6.92 Å². The number of hydrogen-bond donors (Lipinski definition) is 1. The van der Waals surface area contributed by atoms with Crippen molar-refractivity contribution in [3.63, 3.8) is 0 Å². The van der Waals surface area contributed by atoms with E-state index in [1.165, 1.54) is 11.1 Å². The fourth-order valence-corrected chi connectivity index (χ4v) is 3.36. The molecule has 0 spiro atoms. The monoisotopic (exact) mass is 333 g/mol. The number of amides is 1. The van der Waals surface area contributed by atoms with Crippen LogP contribution in [0.15, 0.2) is 42.7 Å². The normalized spacial score (nSPS) is 15.8. The van der Waals surface area contributed by atoms with Gasteiger partial charge in [0.2, 0.25) is 0 Å². The molecule has 1 N–H and O–H groups in total. The van der Waals surface area contributed by atoms with Gasteiger partial charge in [0.05, 0.1) is 17.9 Å². The molecule has 3 aromatic rings. The zero-order valence-corrected chi connectivity index (χ0v) is 14.2. The summed E-state index contributed by atoms with van der Waals surface area (Å²) in [6, 6.07) is 10.1. The molecule has 6 heteroatoms. The van der Waals surface area contributed by atoms with Crippen LogP contribution in [-0.4, -0.2) is 25.9 Å². The fourth-order valence-electron chi connectivity index (χ4n) is 3.36. The van der Waals surface area contributed by atoms with Crippen LogP contribution in [0.25, 0.3) is 11.3 Å². The summed E-state index contributed by atoms with van der Waals surface area (Å²) in [5.74, 6) is -0.0912. The van der Waals surface area contributed by atoms with E-state index < -0.39 is 0 Å². The third-order valence-corrected chi connectivity index (χ3v) is 4.67. The number of benzene rings is 1. The van der Waals surface area contributed by atoms with Crippen LogP contribution in [0.1, 0.15) is 39.6 Å². The summed E-state index contributed by atoms with van der Waals surface area (Å²) >= 11 is 0. The summed E-state index contributed by atoms with van der Waals surface area (Å²) in [7, 11) is 1.77. The van der Waals surface area contributed by atoms with Crippen LogP contribution < -0.4 is 5.32 Å². The van der Waals surface area contributed by atoms with Crippen LogP contribution in [-0.2, 0) is 13.5 Å². The molecule has 126 valence electrons. The molecule has 1 aliphatic carbocycles. The molecular formula is C19H19N5O. The number of carbonyl (C=O) groups is 1. The van der Waals surface area contributed by atoms with E-state index >= 15 is 0 Å². The zero-order chi connectivity index (χ0) is 17.4. The van der Waals surface area contributed by atoms with Crippen molar-refractivity contribution in [2.24, 2.45) is 7.05 Å². The number of aryl methyl sites for hydroxylation is 3. The average molecular weight is 333 g/mol. The molecule has 1 aliphatic rings. The first-order valence-electron chi connectivity index (χ1n) is 8.33. The van der Waals surface area contributed by atoms with Crippen molar-refractivity contribution in [2.45, 2.75) is 25.8 Å². The van der Waals surface area contributed by atoms with Gasteiger partial charge < -0.3 is 5.32 Å². The lowest BCUT2D eigenvalue weighted by Gasteiger charge is -2.14. The van der Waals surface area contributed by atoms with Gasteiger partial charge >= 0.3 is 0 Å². The lowest BCUT2D eigenvalue weighted by molar-refractivity contribution is 0.0927. The Morgan fingerprint density at radius 3 is 2.92 bits per heavy atom. The van der Waals surface area contributed by atoms with E-state index in [0.29, 0.717) is 5.69 Å². The Kier molecular flexibility index (Phi) is 3.80. The predicted molar refractivity (Wildman–Crippen MR) is 93.9 cm³/mol. The lowest BCUT2D eigenvalue weighted by atomic mass is 10.0. The van der Waals surface area contributed by atoms with Crippen LogP contribution in [0.3, 0.4) is 0 Å². The first-order valence-corrected chi connectivity index (χ1v) is 8.33. The highest BCUT2D eigenvalue weighted by atomic mass is 16.2. The first kappa shape index (κ1) is 15.5. The molecule has 2 heterocycles. The van der Waals surface area contributed by atoms with Crippen molar-refractivity contribution in [1.29, 1.82) is 0 Å². The van der Waals surface area contributed by atoms with E-state index in [-0.39, 0.29) is 11.9 Å². The van der Waals surface area contributed by atoms with Crippen molar-refractivity contribution in [2.75, 3.05) is 0 Å². The lowest BCUT2D eigenvalue weighted by Crippen LogP contribution is -2.28. The van der Waals surface area contributed by atoms with E-state index in [2.05, 4.69) is 38.8 Å². The molecule has 1 aromatic carbocycles. The largest absolute Gasteiger partial charge is 0.344 e. The predicted octanol–water partition coefficient (Wildman–Crippen LogP) is 2.60. The third-order valence-electron chi connectivity index (χ3n) is 4.67. The highest BCUT2D eigenvalue weighted by Gasteiger charge is 2.25. The molecule has 0 unspecified atom stereocenters. The summed E-state index contributed by atoms with van der Waals surface area (Å²) in [5.41, 5.74) is 6.04. The quantitative estimate of drug-likeness (QED) is 0.800. The molecule has 1 atom stereocenters. The summed E-state index contributed by atoms with van der Waals surface area (Å²) in [6.45, 7) is 2.01. The minimum Gasteiger partial charge on any atom is -0.344 e. The second-order valence-corrected chi connectivity index (χ2v) is 6.44. The molecule has 2 aromatic heterocycles. The fraction of sp³-hybridized carbons (Fsp3) is 0.263. The van der Waals surface area contributed by atoms with E-state index in [0.717, 1.165) is 29.7 Å². The molecular weight excluding hydrogens is 314 g/mol. The highest BCUT2D eigenvalue weighted by Crippen LogP contribution is 2.34. The standard InChI is InChI=1S/C19H19N5O/c1-12-9-17(23-20-11-12)14-3-5-15-13(10-14)4-6-16(15)22-19(25)18-7-8-21-24(18)2/h3,5,7-11,16H,4,6H2,1-2H3,(H,22,25)/t16-/m1/s1. The Hall–Kier alpha value is -3.02. The van der Waals surface area contributed by atoms with Crippen molar-refractivity contribution < 1.29 is 4.79 Å². The molecule has 4 rings (SSSR count). The molecule has 1 amide bonds. The smallest absolute Gasteiger partial charge is 0.270 e. The minimum atomic E-state index is -0.0912. The maximum absolute atomic E-state index is 12.4. The maximum Gasteiger partial charge on any atom is 0.270 e. The second kappa shape index (κ2) is 6.12. The maximum atomic E-state index is 12.4. The molecule has 0 fully saturated rings. The number of nitrogens with zero attached hydrogens (tertiary/aromatic N) is 4. The number of nitrogens with one attached hydrogen (secondary N) is 1. The summed E-state index contributed by atoms with van der Waals surface area (Å²) in [6.07, 6.45) is 5.23. The van der Waals surface area contributed by atoms with Crippen molar-refractivity contribution in [3.8, 4) is 11.3 Å². The SMILES string of the molecule is Cc1cnnc(-c2ccc3c(c2)CC[C@H]3NC(=O)c2ccnn2C)c1. The summed E-state index contributed by atoms with van der Waals surface area (Å²) < 4.78 is 1.59. The summed E-state index contributed by atoms with van der Waals surface area (Å²) in [4.78, 5) is 12.4. The Balaban J connectivity index is 1.57. The summed E-state index contributed by atoms with van der Waals surface area (Å²) in [5, 5.41) is 15.4. The van der Waals surface area contributed by atoms with Gasteiger partial charge in [0, 0.05) is 18.8 Å². The van der Waals surface area contributed by atoms with E-state index in [4.69, 9.17) is 0 Å². The van der Waals surface area contributed by atoms with Crippen LogP contribution in [0.2, 0.25) is 0 Å². The molecule has 0 bridgehead atoms. The molecule has 0 saturated carbocycles. The number of hydrogen-bond acceptors (Lipinski definition) is 4. The average Bonchev–Trinajstić information content (AvgIpc) is 3.21. The number of fused-ring (bicyclic) bond motifs is 1. The van der Waals surface area contributed by atoms with Gasteiger partial charge in [0.1, 0.15) is 5.69 Å². The van der Waals surface area contributed by atoms with E-state index in [1.54, 1.807) is 30.2 Å². The van der Waals surface area contributed by atoms with Gasteiger partial charge in [-0.25, -0.2) is 0 Å². The Morgan fingerprint density at radius 1 is 1.28 bits per heavy atom. The highest BCUT2D eigenvalue weighted by molar-refractivity contribution is 5.92. The van der Waals surface area contributed by atoms with Gasteiger partial charge in [-0.05, 0) is 54.7 Å². The van der Waals surface area contributed by atoms with Crippen molar-refractivity contribution >= 4 is 5.91 Å². The van der Waals surface area contributed by atoms with Crippen LogP contribution in [0.4, 0.5) is 0 Å². The third kappa shape index (κ3) is 2.91. The van der Waals surface area contributed by atoms with Crippen LogP contribution >= 0.6 is 0 Å². The van der Waals surface area contributed by atoms with Gasteiger partial charge in [-0.1, -0.05) is 12.1 Å². The topological polar surface area (TPSA) is 72.7 Å². The number of aromatic nitrogens is 4. The molecule has 6 nitrogen and oxygen atoms in total. The minimum absolute atomic E-state index is 0.0371. The van der Waals surface area contributed by atoms with Gasteiger partial charge in [-0.15, -0.1) is 0 Å². The van der Waals surface area contributed by atoms with Gasteiger partial charge in [-0.2, -0.15) is 15.3 Å². The molecule has 0 saturated heterocycles. The second-order valence-electron chi connectivity index (χ2n) is 6.44. The number of carbonyl (C=O) groups excluding carboxylic acids is 1.